The number of aliphatic carboxylic acids is 1. The quantitative estimate of drug-likeness (QED) is 0.881. The van der Waals surface area contributed by atoms with Crippen molar-refractivity contribution in [2.75, 3.05) is 13.1 Å². The van der Waals surface area contributed by atoms with Gasteiger partial charge in [-0.15, -0.1) is 0 Å². The Morgan fingerprint density at radius 1 is 1.32 bits per heavy atom. The van der Waals surface area contributed by atoms with E-state index in [1.165, 1.54) is 12.1 Å². The predicted molar refractivity (Wildman–Crippen MR) is 59.9 cm³/mol. The summed E-state index contributed by atoms with van der Waals surface area (Å²) in [7, 11) is 0. The number of hydrogen-bond acceptors (Lipinski definition) is 3. The fourth-order valence-corrected chi connectivity index (χ4v) is 1.87. The first-order chi connectivity index (χ1) is 8.81. The van der Waals surface area contributed by atoms with Gasteiger partial charge in [-0.25, -0.2) is 0 Å². The van der Waals surface area contributed by atoms with Crippen LogP contribution in [0.5, 0.6) is 5.75 Å². The molecule has 1 aliphatic heterocycles. The van der Waals surface area contributed by atoms with Crippen LogP contribution in [0.15, 0.2) is 24.3 Å². The van der Waals surface area contributed by atoms with Crippen molar-refractivity contribution in [3.05, 3.63) is 29.8 Å². The number of carboxylic acids is 1. The Morgan fingerprint density at radius 3 is 2.26 bits per heavy atom. The Kier molecular flexibility index (Phi) is 3.40. The standard InChI is InChI=1S/C12H12F3NO3/c13-12(14,15)8-1-3-9(4-2-8)19-11(5-10(17)18)6-16-7-11/h1-4,16H,5-7H2,(H,17,18). The summed E-state index contributed by atoms with van der Waals surface area (Å²) in [6.45, 7) is 0.723. The monoisotopic (exact) mass is 275 g/mol. The predicted octanol–water partition coefficient (Wildman–Crippen LogP) is 1.90. The molecule has 7 heteroatoms. The van der Waals surface area contributed by atoms with Crippen molar-refractivity contribution >= 4 is 5.97 Å². The molecule has 1 heterocycles. The summed E-state index contributed by atoms with van der Waals surface area (Å²) in [5.41, 5.74) is -1.63. The molecule has 0 spiro atoms. The fourth-order valence-electron chi connectivity index (χ4n) is 1.87. The Bertz CT molecular complexity index is 466. The van der Waals surface area contributed by atoms with E-state index in [-0.39, 0.29) is 12.2 Å². The van der Waals surface area contributed by atoms with E-state index in [1.54, 1.807) is 0 Å². The van der Waals surface area contributed by atoms with Gasteiger partial charge in [0.1, 0.15) is 11.4 Å². The van der Waals surface area contributed by atoms with E-state index in [2.05, 4.69) is 5.32 Å². The van der Waals surface area contributed by atoms with E-state index < -0.39 is 23.3 Å². The lowest BCUT2D eigenvalue weighted by Crippen LogP contribution is -2.64. The molecule has 1 fully saturated rings. The molecule has 0 unspecified atom stereocenters. The molecule has 0 amide bonds. The second-order valence-corrected chi connectivity index (χ2v) is 4.48. The number of ether oxygens (including phenoxy) is 1. The van der Waals surface area contributed by atoms with Gasteiger partial charge in [0.25, 0.3) is 0 Å². The SMILES string of the molecule is O=C(O)CC1(Oc2ccc(C(F)(F)F)cc2)CNC1. The summed E-state index contributed by atoms with van der Waals surface area (Å²) in [6, 6.07) is 4.22. The number of rotatable bonds is 4. The number of benzene rings is 1. The van der Waals surface area contributed by atoms with Gasteiger partial charge < -0.3 is 15.2 Å². The van der Waals surface area contributed by atoms with Gasteiger partial charge in [-0.2, -0.15) is 13.2 Å². The summed E-state index contributed by atoms with van der Waals surface area (Å²) in [4.78, 5) is 10.7. The molecule has 0 aromatic heterocycles. The molecule has 1 aromatic rings. The van der Waals surface area contributed by atoms with Crippen molar-refractivity contribution in [2.24, 2.45) is 0 Å². The van der Waals surface area contributed by atoms with Gasteiger partial charge in [0, 0.05) is 13.1 Å². The van der Waals surface area contributed by atoms with Gasteiger partial charge in [-0.1, -0.05) is 0 Å². The van der Waals surface area contributed by atoms with Crippen LogP contribution in [0.1, 0.15) is 12.0 Å². The summed E-state index contributed by atoms with van der Waals surface area (Å²) in [5, 5.41) is 11.7. The first-order valence-electron chi connectivity index (χ1n) is 5.60. The van der Waals surface area contributed by atoms with Crippen LogP contribution in [-0.4, -0.2) is 29.8 Å². The zero-order chi connectivity index (χ0) is 14.1. The molecule has 0 saturated carbocycles. The van der Waals surface area contributed by atoms with Crippen molar-refractivity contribution in [1.82, 2.24) is 5.32 Å². The van der Waals surface area contributed by atoms with Gasteiger partial charge in [0.05, 0.1) is 12.0 Å². The highest BCUT2D eigenvalue weighted by Crippen LogP contribution is 2.32. The van der Waals surface area contributed by atoms with E-state index in [4.69, 9.17) is 9.84 Å². The van der Waals surface area contributed by atoms with Gasteiger partial charge in [0.2, 0.25) is 0 Å². The van der Waals surface area contributed by atoms with Crippen LogP contribution in [0.3, 0.4) is 0 Å². The highest BCUT2D eigenvalue weighted by molar-refractivity contribution is 5.68. The summed E-state index contributed by atoms with van der Waals surface area (Å²) >= 11 is 0. The molecule has 0 atom stereocenters. The highest BCUT2D eigenvalue weighted by atomic mass is 19.4. The van der Waals surface area contributed by atoms with Crippen LogP contribution in [0.4, 0.5) is 13.2 Å². The first-order valence-corrected chi connectivity index (χ1v) is 5.60. The van der Waals surface area contributed by atoms with Crippen molar-refractivity contribution < 1.29 is 27.8 Å². The van der Waals surface area contributed by atoms with E-state index in [0.29, 0.717) is 13.1 Å². The van der Waals surface area contributed by atoms with Gasteiger partial charge in [-0.3, -0.25) is 4.79 Å². The largest absolute Gasteiger partial charge is 0.484 e. The van der Waals surface area contributed by atoms with Crippen molar-refractivity contribution in [1.29, 1.82) is 0 Å². The van der Waals surface area contributed by atoms with Gasteiger partial charge in [0.15, 0.2) is 0 Å². The van der Waals surface area contributed by atoms with Crippen LogP contribution in [-0.2, 0) is 11.0 Å². The van der Waals surface area contributed by atoms with E-state index in [1.807, 2.05) is 0 Å². The molecule has 1 aromatic carbocycles. The van der Waals surface area contributed by atoms with E-state index in [0.717, 1.165) is 12.1 Å². The van der Waals surface area contributed by atoms with Crippen LogP contribution in [0, 0.1) is 0 Å². The third-order valence-electron chi connectivity index (χ3n) is 2.88. The summed E-state index contributed by atoms with van der Waals surface area (Å²) < 4.78 is 42.6. The minimum Gasteiger partial charge on any atom is -0.484 e. The molecule has 2 rings (SSSR count). The van der Waals surface area contributed by atoms with Crippen molar-refractivity contribution in [2.45, 2.75) is 18.2 Å². The maximum atomic E-state index is 12.4. The molecule has 0 radical (unpaired) electrons. The molecule has 19 heavy (non-hydrogen) atoms. The average Bonchev–Trinajstić information content (AvgIpc) is 2.25. The number of nitrogens with one attached hydrogen (secondary N) is 1. The molecule has 0 aliphatic carbocycles. The summed E-state index contributed by atoms with van der Waals surface area (Å²) in [6.07, 6.45) is -4.59. The Hall–Kier alpha value is -1.76. The minimum atomic E-state index is -4.39. The lowest BCUT2D eigenvalue weighted by atomic mass is 9.92. The zero-order valence-electron chi connectivity index (χ0n) is 9.83. The topological polar surface area (TPSA) is 58.6 Å². The summed E-state index contributed by atoms with van der Waals surface area (Å²) in [5.74, 6) is -0.774. The smallest absolute Gasteiger partial charge is 0.416 e. The lowest BCUT2D eigenvalue weighted by Gasteiger charge is -2.41. The number of carboxylic acid groups (broad SMARTS) is 1. The van der Waals surface area contributed by atoms with E-state index in [9.17, 15) is 18.0 Å². The van der Waals surface area contributed by atoms with Crippen LogP contribution >= 0.6 is 0 Å². The molecule has 104 valence electrons. The van der Waals surface area contributed by atoms with Gasteiger partial charge >= 0.3 is 12.1 Å². The normalized spacial score (nSPS) is 17.6. The Balaban J connectivity index is 2.08. The molecular weight excluding hydrogens is 263 g/mol. The number of halogens is 3. The van der Waals surface area contributed by atoms with E-state index >= 15 is 0 Å². The lowest BCUT2D eigenvalue weighted by molar-refractivity contribution is -0.143. The fraction of sp³-hybridized carbons (Fsp3) is 0.417. The first kappa shape index (κ1) is 13.7. The highest BCUT2D eigenvalue weighted by Gasteiger charge is 2.41. The number of carbonyl (C=O) groups is 1. The maximum Gasteiger partial charge on any atom is 0.416 e. The molecular formula is C12H12F3NO3. The third kappa shape index (κ3) is 3.17. The van der Waals surface area contributed by atoms with Gasteiger partial charge in [-0.05, 0) is 24.3 Å². The Morgan fingerprint density at radius 2 is 1.89 bits per heavy atom. The third-order valence-corrected chi connectivity index (χ3v) is 2.88. The Labute approximate surface area is 107 Å². The van der Waals surface area contributed by atoms with Crippen LogP contribution in [0.25, 0.3) is 0 Å². The average molecular weight is 275 g/mol. The number of alkyl halides is 3. The van der Waals surface area contributed by atoms with Crippen molar-refractivity contribution in [3.63, 3.8) is 0 Å². The molecule has 2 N–H and O–H groups in total. The molecule has 1 aliphatic rings. The molecule has 0 bridgehead atoms. The second-order valence-electron chi connectivity index (χ2n) is 4.48. The zero-order valence-corrected chi connectivity index (χ0v) is 9.83. The van der Waals surface area contributed by atoms with Crippen molar-refractivity contribution in [3.8, 4) is 5.75 Å². The molecule has 1 saturated heterocycles. The number of hydrogen-bond donors (Lipinski definition) is 2. The second kappa shape index (κ2) is 4.73. The van der Waals surface area contributed by atoms with Crippen LogP contribution < -0.4 is 10.1 Å². The molecule has 4 nitrogen and oxygen atoms in total. The maximum absolute atomic E-state index is 12.4. The minimum absolute atomic E-state index is 0.193. The van der Waals surface area contributed by atoms with Crippen LogP contribution in [0.2, 0.25) is 0 Å².